The molecule has 0 saturated carbocycles. The maximum absolute atomic E-state index is 13.5. The molecule has 8 nitrogen and oxygen atoms in total. The first-order valence-corrected chi connectivity index (χ1v) is 14.8. The summed E-state index contributed by atoms with van der Waals surface area (Å²) in [5.74, 6) is 1.53. The van der Waals surface area contributed by atoms with E-state index in [1.165, 1.54) is 0 Å². The molecule has 5 aromatic rings. The summed E-state index contributed by atoms with van der Waals surface area (Å²) >= 11 is 0. The highest BCUT2D eigenvalue weighted by Gasteiger charge is 2.23. The van der Waals surface area contributed by atoms with E-state index in [1.54, 1.807) is 49.1 Å². The second kappa shape index (κ2) is 9.98. The molecule has 0 spiro atoms. The molecule has 6 rings (SSSR count). The number of rotatable bonds is 5. The third-order valence-corrected chi connectivity index (χ3v) is 9.46. The van der Waals surface area contributed by atoms with Gasteiger partial charge in [-0.25, -0.2) is 13.4 Å². The first-order chi connectivity index (χ1) is 19.2. The fraction of sp³-hybridized carbons (Fsp3) is 0.226. The van der Waals surface area contributed by atoms with Crippen LogP contribution in [-0.2, 0) is 16.4 Å². The van der Waals surface area contributed by atoms with E-state index in [0.717, 1.165) is 50.6 Å². The van der Waals surface area contributed by atoms with Crippen molar-refractivity contribution in [1.29, 1.82) is 0 Å². The summed E-state index contributed by atoms with van der Waals surface area (Å²) in [5.41, 5.74) is 6.97. The SMILES string of the molecule is Cc1nc2ccc(-c3ccc4c(c3)CN(C(=O)c3ccc(-c5ccc(S(=O)(=O)C(C)C)cc5)[nH]3)CCO4)cc2[nH]1. The molecule has 0 saturated heterocycles. The van der Waals surface area contributed by atoms with Gasteiger partial charge in [-0.2, -0.15) is 0 Å². The number of sulfone groups is 1. The van der Waals surface area contributed by atoms with Crippen LogP contribution in [0.1, 0.15) is 35.7 Å². The zero-order chi connectivity index (χ0) is 28.0. The first kappa shape index (κ1) is 25.9. The van der Waals surface area contributed by atoms with Crippen molar-refractivity contribution in [1.82, 2.24) is 19.9 Å². The number of H-pyrrole nitrogens is 2. The number of fused-ring (bicyclic) bond motifs is 2. The molecule has 0 unspecified atom stereocenters. The van der Waals surface area contributed by atoms with Gasteiger partial charge in [0.25, 0.3) is 5.91 Å². The number of hydrogen-bond acceptors (Lipinski definition) is 5. The minimum absolute atomic E-state index is 0.124. The van der Waals surface area contributed by atoms with Gasteiger partial charge < -0.3 is 19.6 Å². The summed E-state index contributed by atoms with van der Waals surface area (Å²) in [7, 11) is -3.34. The quantitative estimate of drug-likeness (QED) is 0.288. The second-order valence-electron chi connectivity index (χ2n) is 10.4. The first-order valence-electron chi connectivity index (χ1n) is 13.2. The summed E-state index contributed by atoms with van der Waals surface area (Å²) in [5, 5.41) is -0.490. The van der Waals surface area contributed by atoms with Gasteiger partial charge in [0.1, 0.15) is 23.9 Å². The summed E-state index contributed by atoms with van der Waals surface area (Å²) in [6, 6.07) is 22.6. The van der Waals surface area contributed by atoms with Crippen molar-refractivity contribution < 1.29 is 17.9 Å². The predicted octanol–water partition coefficient (Wildman–Crippen LogP) is 5.75. The van der Waals surface area contributed by atoms with Crippen LogP contribution in [0.2, 0.25) is 0 Å². The largest absolute Gasteiger partial charge is 0.491 e. The molecule has 1 amide bonds. The average molecular weight is 555 g/mol. The third-order valence-electron chi connectivity index (χ3n) is 7.29. The lowest BCUT2D eigenvalue weighted by Crippen LogP contribution is -2.32. The van der Waals surface area contributed by atoms with Crippen molar-refractivity contribution in [2.75, 3.05) is 13.2 Å². The molecule has 1 aliphatic heterocycles. The summed E-state index contributed by atoms with van der Waals surface area (Å²) < 4.78 is 30.9. The van der Waals surface area contributed by atoms with E-state index in [4.69, 9.17) is 4.74 Å². The molecule has 2 aromatic heterocycles. The topological polar surface area (TPSA) is 108 Å². The van der Waals surface area contributed by atoms with Gasteiger partial charge in [-0.15, -0.1) is 0 Å². The van der Waals surface area contributed by atoms with E-state index in [9.17, 15) is 13.2 Å². The summed E-state index contributed by atoms with van der Waals surface area (Å²) in [4.78, 5) is 26.6. The molecule has 3 aromatic carbocycles. The maximum atomic E-state index is 13.5. The Morgan fingerprint density at radius 1 is 0.925 bits per heavy atom. The highest BCUT2D eigenvalue weighted by Crippen LogP contribution is 2.31. The Morgan fingerprint density at radius 2 is 1.65 bits per heavy atom. The van der Waals surface area contributed by atoms with Crippen molar-refractivity contribution in [3.8, 4) is 28.1 Å². The van der Waals surface area contributed by atoms with Gasteiger partial charge >= 0.3 is 0 Å². The maximum Gasteiger partial charge on any atom is 0.270 e. The Hall–Kier alpha value is -4.37. The van der Waals surface area contributed by atoms with Gasteiger partial charge in [0.2, 0.25) is 0 Å². The van der Waals surface area contributed by atoms with Crippen molar-refractivity contribution in [2.24, 2.45) is 0 Å². The van der Waals surface area contributed by atoms with Gasteiger partial charge in [-0.1, -0.05) is 24.3 Å². The molecule has 0 atom stereocenters. The van der Waals surface area contributed by atoms with Gasteiger partial charge in [-0.05, 0) is 86.0 Å². The van der Waals surface area contributed by atoms with Gasteiger partial charge in [-0.3, -0.25) is 4.79 Å². The second-order valence-corrected chi connectivity index (χ2v) is 12.9. The number of benzene rings is 3. The van der Waals surface area contributed by atoms with Crippen LogP contribution in [-0.4, -0.2) is 52.6 Å². The van der Waals surface area contributed by atoms with E-state index >= 15 is 0 Å². The van der Waals surface area contributed by atoms with E-state index < -0.39 is 15.1 Å². The minimum atomic E-state index is -3.34. The number of hydrogen-bond donors (Lipinski definition) is 2. The number of aryl methyl sites for hydroxylation is 1. The minimum Gasteiger partial charge on any atom is -0.491 e. The Bertz CT molecular complexity index is 1840. The van der Waals surface area contributed by atoms with Crippen LogP contribution in [0, 0.1) is 6.92 Å². The van der Waals surface area contributed by atoms with Crippen LogP contribution in [0.25, 0.3) is 33.4 Å². The molecule has 0 bridgehead atoms. The van der Waals surface area contributed by atoms with Crippen molar-refractivity contribution >= 4 is 26.8 Å². The molecule has 0 radical (unpaired) electrons. The molecular weight excluding hydrogens is 524 g/mol. The lowest BCUT2D eigenvalue weighted by molar-refractivity contribution is 0.0728. The third kappa shape index (κ3) is 4.77. The van der Waals surface area contributed by atoms with Crippen LogP contribution >= 0.6 is 0 Å². The summed E-state index contributed by atoms with van der Waals surface area (Å²) in [6.45, 7) is 6.55. The van der Waals surface area contributed by atoms with E-state index in [1.807, 2.05) is 31.2 Å². The molecule has 1 aliphatic rings. The fourth-order valence-corrected chi connectivity index (χ4v) is 6.08. The molecular formula is C31H30N4O4S. The molecule has 204 valence electrons. The smallest absolute Gasteiger partial charge is 0.270 e. The number of aromatic nitrogens is 3. The zero-order valence-electron chi connectivity index (χ0n) is 22.6. The zero-order valence-corrected chi connectivity index (χ0v) is 23.4. The highest BCUT2D eigenvalue weighted by molar-refractivity contribution is 7.92. The number of nitrogens with zero attached hydrogens (tertiary/aromatic N) is 2. The summed E-state index contributed by atoms with van der Waals surface area (Å²) in [6.07, 6.45) is 0. The predicted molar refractivity (Wildman–Crippen MR) is 155 cm³/mol. The Labute approximate surface area is 232 Å². The van der Waals surface area contributed by atoms with Crippen LogP contribution in [0.5, 0.6) is 5.75 Å². The van der Waals surface area contributed by atoms with Gasteiger partial charge in [0.15, 0.2) is 9.84 Å². The fourth-order valence-electron chi connectivity index (χ4n) is 5.02. The number of carbonyl (C=O) groups is 1. The number of aromatic amines is 2. The van der Waals surface area contributed by atoms with Crippen LogP contribution in [0.4, 0.5) is 0 Å². The normalized spacial score (nSPS) is 13.8. The lowest BCUT2D eigenvalue weighted by Gasteiger charge is -2.19. The lowest BCUT2D eigenvalue weighted by atomic mass is 10.0. The number of imidazole rings is 1. The number of carbonyl (C=O) groups excluding carboxylic acids is 1. The van der Waals surface area contributed by atoms with E-state index in [0.29, 0.717) is 25.4 Å². The molecule has 0 fully saturated rings. The van der Waals surface area contributed by atoms with Crippen molar-refractivity contribution in [3.05, 3.63) is 89.9 Å². The average Bonchev–Trinajstić information content (AvgIpc) is 3.52. The standard InChI is InChI=1S/C31H30N4O4S/c1-19(2)40(37,38)25-8-4-21(5-9-25)26-11-12-28(34-26)31(36)35-14-15-39-30-13-7-22(16-24(30)18-35)23-6-10-27-29(17-23)33-20(3)32-27/h4-13,16-17,19,34H,14-15,18H2,1-3H3,(H,32,33). The Morgan fingerprint density at radius 3 is 2.42 bits per heavy atom. The molecule has 40 heavy (non-hydrogen) atoms. The van der Waals surface area contributed by atoms with Crippen LogP contribution in [0.15, 0.2) is 77.7 Å². The monoisotopic (exact) mass is 554 g/mol. The number of ether oxygens (including phenoxy) is 1. The Balaban J connectivity index is 1.22. The van der Waals surface area contributed by atoms with Crippen molar-refractivity contribution in [2.45, 2.75) is 37.5 Å². The molecule has 3 heterocycles. The molecule has 0 aliphatic carbocycles. The number of amides is 1. The highest BCUT2D eigenvalue weighted by atomic mass is 32.2. The van der Waals surface area contributed by atoms with Crippen molar-refractivity contribution in [3.63, 3.8) is 0 Å². The van der Waals surface area contributed by atoms with E-state index in [-0.39, 0.29) is 10.8 Å². The van der Waals surface area contributed by atoms with E-state index in [2.05, 4.69) is 33.2 Å². The Kier molecular flexibility index (Phi) is 6.46. The van der Waals surface area contributed by atoms with Gasteiger partial charge in [0.05, 0.1) is 27.7 Å². The molecule has 2 N–H and O–H groups in total. The molecule has 9 heteroatoms. The number of nitrogens with one attached hydrogen (secondary N) is 2. The van der Waals surface area contributed by atoms with Gasteiger partial charge in [0, 0.05) is 17.8 Å². The van der Waals surface area contributed by atoms with Crippen LogP contribution in [0.3, 0.4) is 0 Å². The van der Waals surface area contributed by atoms with Crippen LogP contribution < -0.4 is 4.74 Å².